The highest BCUT2D eigenvalue weighted by Gasteiger charge is 2.28. The second-order valence-corrected chi connectivity index (χ2v) is 13.1. The second kappa shape index (κ2) is 11.1. The molecule has 1 atom stereocenters. The fourth-order valence-electron chi connectivity index (χ4n) is 6.75. The molecule has 1 unspecified atom stereocenters. The van der Waals surface area contributed by atoms with E-state index >= 15 is 0 Å². The zero-order chi connectivity index (χ0) is 29.8. The first-order valence-electron chi connectivity index (χ1n) is 15.2. The molecule has 8 rings (SSSR count). The monoisotopic (exact) mass is 607 g/mol. The number of hydrogen-bond acceptors (Lipinski definition) is 8. The van der Waals surface area contributed by atoms with Crippen molar-refractivity contribution in [1.82, 2.24) is 39.3 Å². The number of fused-ring (bicyclic) bond motifs is 6. The minimum absolute atomic E-state index is 0.238. The average molecular weight is 608 g/mol. The molecule has 9 nitrogen and oxygen atoms in total. The molecule has 0 bridgehead atoms. The number of anilines is 2. The van der Waals surface area contributed by atoms with Crippen LogP contribution in [-0.2, 0) is 25.9 Å². The zero-order valence-electron chi connectivity index (χ0n) is 24.9. The number of aromatic nitrogens is 6. The van der Waals surface area contributed by atoms with E-state index < -0.39 is 0 Å². The SMILES string of the molecule is CN(C)C1CCN(CCn2ncc3c2CCc2c-3sc3ncnc(Nc4ccc5c(cnn5Cc5cccc(F)c5)c4)c23)C1. The van der Waals surface area contributed by atoms with Gasteiger partial charge in [-0.3, -0.25) is 14.3 Å². The number of nitrogens with one attached hydrogen (secondary N) is 1. The molecule has 224 valence electrons. The van der Waals surface area contributed by atoms with E-state index in [2.05, 4.69) is 61.1 Å². The van der Waals surface area contributed by atoms with Crippen LogP contribution in [-0.4, -0.2) is 79.1 Å². The van der Waals surface area contributed by atoms with Gasteiger partial charge in [-0.2, -0.15) is 10.2 Å². The van der Waals surface area contributed by atoms with E-state index in [-0.39, 0.29) is 5.82 Å². The molecule has 0 spiro atoms. The van der Waals surface area contributed by atoms with Gasteiger partial charge in [0.2, 0.25) is 0 Å². The molecule has 1 fully saturated rings. The summed E-state index contributed by atoms with van der Waals surface area (Å²) in [5.41, 5.74) is 6.67. The Morgan fingerprint density at radius 2 is 1.93 bits per heavy atom. The number of likely N-dealkylation sites (N-methyl/N-ethyl adjacent to an activating group) is 1. The number of likely N-dealkylation sites (tertiary alicyclic amines) is 1. The summed E-state index contributed by atoms with van der Waals surface area (Å²) in [6.45, 7) is 4.76. The minimum atomic E-state index is -0.238. The molecule has 0 saturated carbocycles. The molecule has 2 aliphatic rings. The lowest BCUT2D eigenvalue weighted by Crippen LogP contribution is -2.33. The Labute approximate surface area is 258 Å². The van der Waals surface area contributed by atoms with Gasteiger partial charge < -0.3 is 10.2 Å². The molecule has 11 heteroatoms. The Hall–Kier alpha value is -4.19. The van der Waals surface area contributed by atoms with Gasteiger partial charge in [0.15, 0.2) is 0 Å². The van der Waals surface area contributed by atoms with Crippen molar-refractivity contribution in [2.75, 3.05) is 39.0 Å². The lowest BCUT2D eigenvalue weighted by atomic mass is 9.95. The van der Waals surface area contributed by atoms with Crippen LogP contribution in [0.15, 0.2) is 61.2 Å². The van der Waals surface area contributed by atoms with E-state index in [1.165, 1.54) is 34.2 Å². The van der Waals surface area contributed by atoms with E-state index in [4.69, 9.17) is 5.10 Å². The van der Waals surface area contributed by atoms with Crippen molar-refractivity contribution < 1.29 is 4.39 Å². The third-order valence-electron chi connectivity index (χ3n) is 9.12. The Morgan fingerprint density at radius 1 is 1.02 bits per heavy atom. The number of thiophene rings is 1. The number of nitrogens with zero attached hydrogens (tertiary/aromatic N) is 8. The van der Waals surface area contributed by atoms with Crippen molar-refractivity contribution in [3.05, 3.63) is 83.8 Å². The average Bonchev–Trinajstić information content (AvgIpc) is 3.81. The molecular weight excluding hydrogens is 573 g/mol. The lowest BCUT2D eigenvalue weighted by molar-refractivity contribution is 0.260. The maximum Gasteiger partial charge on any atom is 0.142 e. The third kappa shape index (κ3) is 4.94. The third-order valence-corrected chi connectivity index (χ3v) is 10.3. The van der Waals surface area contributed by atoms with Gasteiger partial charge >= 0.3 is 0 Å². The zero-order valence-corrected chi connectivity index (χ0v) is 25.7. The van der Waals surface area contributed by atoms with Crippen LogP contribution in [0.25, 0.3) is 31.6 Å². The van der Waals surface area contributed by atoms with E-state index in [0.717, 1.165) is 77.2 Å². The van der Waals surface area contributed by atoms with Crippen LogP contribution < -0.4 is 5.32 Å². The molecule has 0 amide bonds. The van der Waals surface area contributed by atoms with Crippen LogP contribution in [0.5, 0.6) is 0 Å². The first-order valence-corrected chi connectivity index (χ1v) is 16.0. The van der Waals surface area contributed by atoms with Gasteiger partial charge in [-0.1, -0.05) is 12.1 Å². The number of hydrogen-bond donors (Lipinski definition) is 1. The topological polar surface area (TPSA) is 79.9 Å². The standard InChI is InChI=1S/C33H34FN9S/c1-40(2)25-10-11-41(19-25)12-13-42-29-9-7-26-30-32(35-20-36-33(30)44-31(26)27(29)17-38-42)39-24-6-8-28-22(15-24)16-37-43(28)18-21-4-3-5-23(34)14-21/h3-6,8,14-17,20,25H,7,9-13,18-19H2,1-2H3,(H,35,36,39). The van der Waals surface area contributed by atoms with Crippen molar-refractivity contribution in [2.45, 2.75) is 38.4 Å². The van der Waals surface area contributed by atoms with Crippen LogP contribution >= 0.6 is 11.3 Å². The van der Waals surface area contributed by atoms with Crippen LogP contribution in [0.4, 0.5) is 15.9 Å². The molecular formula is C33H34FN9S. The number of rotatable bonds is 8. The summed E-state index contributed by atoms with van der Waals surface area (Å²) >= 11 is 1.73. The smallest absolute Gasteiger partial charge is 0.142 e. The summed E-state index contributed by atoms with van der Waals surface area (Å²) in [5.74, 6) is 0.581. The molecule has 1 saturated heterocycles. The van der Waals surface area contributed by atoms with Crippen LogP contribution in [0.2, 0.25) is 0 Å². The largest absolute Gasteiger partial charge is 0.340 e. The van der Waals surface area contributed by atoms with Gasteiger partial charge in [0.1, 0.15) is 22.8 Å². The molecule has 1 aliphatic heterocycles. The Bertz CT molecular complexity index is 1990. The lowest BCUT2D eigenvalue weighted by Gasteiger charge is -2.21. The predicted molar refractivity (Wildman–Crippen MR) is 173 cm³/mol. The summed E-state index contributed by atoms with van der Waals surface area (Å²) in [7, 11) is 4.36. The highest BCUT2D eigenvalue weighted by Crippen LogP contribution is 2.45. The highest BCUT2D eigenvalue weighted by atomic mass is 32.1. The maximum absolute atomic E-state index is 13.7. The second-order valence-electron chi connectivity index (χ2n) is 12.1. The van der Waals surface area contributed by atoms with Gasteiger partial charge in [-0.25, -0.2) is 14.4 Å². The van der Waals surface area contributed by atoms with Crippen LogP contribution in [0.1, 0.15) is 23.2 Å². The van der Waals surface area contributed by atoms with Crippen LogP contribution in [0, 0.1) is 5.82 Å². The molecule has 5 heterocycles. The van der Waals surface area contributed by atoms with Gasteiger partial charge in [0, 0.05) is 46.3 Å². The summed E-state index contributed by atoms with van der Waals surface area (Å²) in [6, 6.07) is 13.5. The number of aryl methyl sites for hydroxylation is 1. The predicted octanol–water partition coefficient (Wildman–Crippen LogP) is 5.57. The van der Waals surface area contributed by atoms with E-state index in [0.29, 0.717) is 12.6 Å². The van der Waals surface area contributed by atoms with Gasteiger partial charge in [-0.15, -0.1) is 11.3 Å². The number of benzene rings is 2. The van der Waals surface area contributed by atoms with Crippen molar-refractivity contribution in [3.63, 3.8) is 0 Å². The van der Waals surface area contributed by atoms with Crippen molar-refractivity contribution >= 4 is 44.0 Å². The Balaban J connectivity index is 1.03. The fourth-order valence-corrected chi connectivity index (χ4v) is 7.97. The van der Waals surface area contributed by atoms with E-state index in [1.807, 2.05) is 29.2 Å². The Kier molecular flexibility index (Phi) is 6.88. The fraction of sp³-hybridized carbons (Fsp3) is 0.333. The van der Waals surface area contributed by atoms with Crippen LogP contribution in [0.3, 0.4) is 0 Å². The quantitative estimate of drug-likeness (QED) is 0.242. The molecule has 2 aromatic carbocycles. The van der Waals surface area contributed by atoms with Crippen molar-refractivity contribution in [1.29, 1.82) is 0 Å². The first kappa shape index (κ1) is 27.4. The summed E-state index contributed by atoms with van der Waals surface area (Å²) < 4.78 is 17.8. The number of halogens is 1. The normalized spacial score (nSPS) is 16.7. The van der Waals surface area contributed by atoms with Gasteiger partial charge in [0.05, 0.1) is 36.4 Å². The first-order chi connectivity index (χ1) is 21.5. The Morgan fingerprint density at radius 3 is 2.80 bits per heavy atom. The molecule has 1 N–H and O–H groups in total. The molecule has 4 aromatic heterocycles. The highest BCUT2D eigenvalue weighted by molar-refractivity contribution is 7.22. The van der Waals surface area contributed by atoms with Crippen molar-refractivity contribution in [3.8, 4) is 10.4 Å². The molecule has 1 aliphatic carbocycles. The van der Waals surface area contributed by atoms with Crippen molar-refractivity contribution in [2.24, 2.45) is 0 Å². The summed E-state index contributed by atoms with van der Waals surface area (Å²) in [4.78, 5) is 16.5. The van der Waals surface area contributed by atoms with Gasteiger partial charge in [0.25, 0.3) is 0 Å². The van der Waals surface area contributed by atoms with E-state index in [9.17, 15) is 4.39 Å². The summed E-state index contributed by atoms with van der Waals surface area (Å²) in [6.07, 6.45) is 8.68. The summed E-state index contributed by atoms with van der Waals surface area (Å²) in [5, 5.41) is 15.1. The van der Waals surface area contributed by atoms with E-state index in [1.54, 1.807) is 29.8 Å². The minimum Gasteiger partial charge on any atom is -0.340 e. The van der Waals surface area contributed by atoms with Gasteiger partial charge in [-0.05, 0) is 81.4 Å². The molecule has 0 radical (unpaired) electrons. The maximum atomic E-state index is 13.7. The molecule has 6 aromatic rings. The molecule has 44 heavy (non-hydrogen) atoms.